The summed E-state index contributed by atoms with van der Waals surface area (Å²) in [5.74, 6) is 1.54. The molecule has 1 aliphatic rings. The Hall–Kier alpha value is -3.54. The zero-order valence-electron chi connectivity index (χ0n) is 17.8. The number of nitrogens with zero attached hydrogens (tertiary/aromatic N) is 1. The van der Waals surface area contributed by atoms with Crippen LogP contribution in [0.1, 0.15) is 41.9 Å². The molecule has 0 radical (unpaired) electrons. The summed E-state index contributed by atoms with van der Waals surface area (Å²) in [6, 6.07) is 13.1. The number of benzene rings is 2. The van der Waals surface area contributed by atoms with Gasteiger partial charge in [-0.25, -0.2) is 0 Å². The largest absolute Gasteiger partial charge is 0.493 e. The van der Waals surface area contributed by atoms with E-state index in [-0.39, 0.29) is 5.78 Å². The Balaban J connectivity index is 1.73. The van der Waals surface area contributed by atoms with Crippen molar-refractivity contribution in [2.45, 2.75) is 26.7 Å². The van der Waals surface area contributed by atoms with E-state index in [1.165, 1.54) is 0 Å². The van der Waals surface area contributed by atoms with Gasteiger partial charge >= 0.3 is 0 Å². The summed E-state index contributed by atoms with van der Waals surface area (Å²) in [6.45, 7) is 5.33. The second-order valence-electron chi connectivity index (χ2n) is 7.25. The van der Waals surface area contributed by atoms with Gasteiger partial charge in [0, 0.05) is 41.1 Å². The second kappa shape index (κ2) is 9.08. The third kappa shape index (κ3) is 3.93. The molecule has 0 unspecified atom stereocenters. The molecular weight excluding hydrogens is 392 g/mol. The van der Waals surface area contributed by atoms with Crippen LogP contribution in [0.2, 0.25) is 0 Å². The number of fused-ring (bicyclic) bond motifs is 3. The number of hydrogen-bond donors (Lipinski definition) is 1. The zero-order valence-corrected chi connectivity index (χ0v) is 17.8. The zero-order chi connectivity index (χ0) is 21.8. The van der Waals surface area contributed by atoms with Gasteiger partial charge in [0.25, 0.3) is 0 Å². The van der Waals surface area contributed by atoms with E-state index in [1.54, 1.807) is 18.3 Å². The maximum Gasteiger partial charge on any atom is 0.196 e. The van der Waals surface area contributed by atoms with Crippen molar-refractivity contribution in [2.75, 3.05) is 25.6 Å². The first-order valence-corrected chi connectivity index (χ1v) is 10.6. The molecule has 2 N–H and O–H groups in total. The van der Waals surface area contributed by atoms with E-state index in [4.69, 9.17) is 19.9 Å². The van der Waals surface area contributed by atoms with E-state index in [0.29, 0.717) is 65.9 Å². The summed E-state index contributed by atoms with van der Waals surface area (Å²) in [4.78, 5) is 17.6. The van der Waals surface area contributed by atoms with Gasteiger partial charge in [-0.1, -0.05) is 25.1 Å². The summed E-state index contributed by atoms with van der Waals surface area (Å²) in [5.41, 5.74) is 10.1. The highest BCUT2D eigenvalue weighted by Gasteiger charge is 2.36. The Labute approximate surface area is 182 Å². The van der Waals surface area contributed by atoms with Gasteiger partial charge in [-0.05, 0) is 31.5 Å². The first kappa shape index (κ1) is 20.7. The third-order valence-electron chi connectivity index (χ3n) is 5.14. The van der Waals surface area contributed by atoms with Crippen molar-refractivity contribution < 1.29 is 19.0 Å². The molecule has 4 rings (SSSR count). The Morgan fingerprint density at radius 2 is 1.71 bits per heavy atom. The van der Waals surface area contributed by atoms with E-state index in [0.717, 1.165) is 17.7 Å². The van der Waals surface area contributed by atoms with Gasteiger partial charge in [-0.2, -0.15) is 0 Å². The molecule has 0 saturated heterocycles. The average molecular weight is 418 g/mol. The van der Waals surface area contributed by atoms with Crippen LogP contribution in [0.4, 0.5) is 5.69 Å². The topological polar surface area (TPSA) is 83.7 Å². The van der Waals surface area contributed by atoms with E-state index >= 15 is 0 Å². The lowest BCUT2D eigenvalue weighted by molar-refractivity contribution is 0.104. The number of rotatable bonds is 9. The fraction of sp³-hybridized carbons (Fsp3) is 0.280. The van der Waals surface area contributed by atoms with Gasteiger partial charge in [-0.15, -0.1) is 0 Å². The van der Waals surface area contributed by atoms with E-state index in [1.807, 2.05) is 44.2 Å². The lowest BCUT2D eigenvalue weighted by Gasteiger charge is -2.17. The SMILES string of the molecule is CCCOc1cc(OCC)c2c(c1N)C(=O)c1cccc(OCCc3ccccn3)c1-2. The van der Waals surface area contributed by atoms with Crippen LogP contribution in [0.25, 0.3) is 11.1 Å². The van der Waals surface area contributed by atoms with Crippen molar-refractivity contribution in [3.05, 3.63) is 65.5 Å². The molecule has 31 heavy (non-hydrogen) atoms. The van der Waals surface area contributed by atoms with E-state index < -0.39 is 0 Å². The van der Waals surface area contributed by atoms with E-state index in [9.17, 15) is 4.79 Å². The monoisotopic (exact) mass is 418 g/mol. The molecule has 0 amide bonds. The van der Waals surface area contributed by atoms with Crippen molar-refractivity contribution in [3.8, 4) is 28.4 Å². The number of ketones is 1. The first-order valence-electron chi connectivity index (χ1n) is 10.6. The third-order valence-corrected chi connectivity index (χ3v) is 5.14. The van der Waals surface area contributed by atoms with Crippen molar-refractivity contribution in [2.24, 2.45) is 0 Å². The van der Waals surface area contributed by atoms with Crippen molar-refractivity contribution in [1.82, 2.24) is 4.98 Å². The number of ether oxygens (including phenoxy) is 3. The minimum absolute atomic E-state index is 0.138. The molecule has 1 aromatic heterocycles. The van der Waals surface area contributed by atoms with Gasteiger partial charge in [0.15, 0.2) is 5.78 Å². The molecule has 6 heteroatoms. The Bertz CT molecular complexity index is 1100. The number of nitrogen functional groups attached to an aromatic ring is 1. The van der Waals surface area contributed by atoms with Gasteiger partial charge in [0.2, 0.25) is 0 Å². The average Bonchev–Trinajstić information content (AvgIpc) is 3.10. The Kier molecular flexibility index (Phi) is 6.07. The molecule has 0 bridgehead atoms. The number of anilines is 1. The number of carbonyl (C=O) groups excluding carboxylic acids is 1. The molecule has 0 aliphatic heterocycles. The van der Waals surface area contributed by atoms with Crippen LogP contribution in [0.3, 0.4) is 0 Å². The van der Waals surface area contributed by atoms with Crippen molar-refractivity contribution >= 4 is 11.5 Å². The highest BCUT2D eigenvalue weighted by Crippen LogP contribution is 2.51. The fourth-order valence-corrected chi connectivity index (χ4v) is 3.78. The predicted octanol–water partition coefficient (Wildman–Crippen LogP) is 4.68. The normalized spacial score (nSPS) is 11.7. The number of pyridine rings is 1. The van der Waals surface area contributed by atoms with Gasteiger partial charge in [0.05, 0.1) is 31.1 Å². The van der Waals surface area contributed by atoms with Crippen LogP contribution in [0.5, 0.6) is 17.2 Å². The summed E-state index contributed by atoms with van der Waals surface area (Å²) >= 11 is 0. The summed E-state index contributed by atoms with van der Waals surface area (Å²) in [7, 11) is 0. The lowest BCUT2D eigenvalue weighted by Crippen LogP contribution is -2.07. The molecule has 1 aliphatic carbocycles. The van der Waals surface area contributed by atoms with Crippen LogP contribution in [-0.2, 0) is 6.42 Å². The number of nitrogens with two attached hydrogens (primary N) is 1. The Morgan fingerprint density at radius 3 is 2.45 bits per heavy atom. The molecule has 0 saturated carbocycles. The fourth-order valence-electron chi connectivity index (χ4n) is 3.78. The predicted molar refractivity (Wildman–Crippen MR) is 120 cm³/mol. The number of carbonyl (C=O) groups is 1. The summed E-state index contributed by atoms with van der Waals surface area (Å²) in [5, 5.41) is 0. The molecule has 6 nitrogen and oxygen atoms in total. The van der Waals surface area contributed by atoms with E-state index in [2.05, 4.69) is 4.98 Å². The van der Waals surface area contributed by atoms with Crippen LogP contribution in [0, 0.1) is 0 Å². The maximum absolute atomic E-state index is 13.3. The summed E-state index contributed by atoms with van der Waals surface area (Å²) in [6.07, 6.45) is 3.26. The standard InChI is InChI=1S/C25H26N2O4/c1-3-13-30-20-15-19(29-4-2)22-21-17(25(28)23(22)24(20)26)9-7-10-18(21)31-14-11-16-8-5-6-12-27-16/h5-10,12,15H,3-4,11,13-14,26H2,1-2H3. The highest BCUT2D eigenvalue weighted by atomic mass is 16.5. The van der Waals surface area contributed by atoms with Crippen molar-refractivity contribution in [1.29, 1.82) is 0 Å². The maximum atomic E-state index is 13.3. The summed E-state index contributed by atoms with van der Waals surface area (Å²) < 4.78 is 17.8. The molecular formula is C25H26N2O4. The number of aromatic nitrogens is 1. The van der Waals surface area contributed by atoms with Crippen LogP contribution in [0.15, 0.2) is 48.7 Å². The van der Waals surface area contributed by atoms with Crippen molar-refractivity contribution in [3.63, 3.8) is 0 Å². The quantitative estimate of drug-likeness (QED) is 0.397. The molecule has 0 atom stereocenters. The van der Waals surface area contributed by atoms with Gasteiger partial charge < -0.3 is 19.9 Å². The molecule has 2 aromatic carbocycles. The van der Waals surface area contributed by atoms with Crippen LogP contribution >= 0.6 is 0 Å². The highest BCUT2D eigenvalue weighted by molar-refractivity contribution is 6.26. The minimum atomic E-state index is -0.138. The Morgan fingerprint density at radius 1 is 0.871 bits per heavy atom. The van der Waals surface area contributed by atoms with Gasteiger partial charge in [-0.3, -0.25) is 9.78 Å². The number of hydrogen-bond acceptors (Lipinski definition) is 6. The smallest absolute Gasteiger partial charge is 0.196 e. The molecule has 160 valence electrons. The second-order valence-corrected chi connectivity index (χ2v) is 7.25. The van der Waals surface area contributed by atoms with Gasteiger partial charge in [0.1, 0.15) is 17.2 Å². The lowest BCUT2D eigenvalue weighted by atomic mass is 10.0. The van der Waals surface area contributed by atoms with Crippen LogP contribution in [-0.4, -0.2) is 30.6 Å². The molecule has 0 spiro atoms. The molecule has 1 heterocycles. The first-order chi connectivity index (χ1) is 15.2. The molecule has 3 aromatic rings. The minimum Gasteiger partial charge on any atom is -0.493 e. The molecule has 0 fully saturated rings. The van der Waals surface area contributed by atoms with Crippen LogP contribution < -0.4 is 19.9 Å².